The highest BCUT2D eigenvalue weighted by Crippen LogP contribution is 2.41. The van der Waals surface area contributed by atoms with E-state index >= 15 is 0 Å². The van der Waals surface area contributed by atoms with Gasteiger partial charge < -0.3 is 9.55 Å². The Kier molecular flexibility index (Phi) is 4.21. The number of para-hydroxylation sites is 1. The Bertz CT molecular complexity index is 2390. The maximum Gasteiger partial charge on any atom is 0.0964 e. The second kappa shape index (κ2) is 7.79. The van der Waals surface area contributed by atoms with Crippen molar-refractivity contribution in [3.63, 3.8) is 0 Å². The Labute approximate surface area is 227 Å². The topological polar surface area (TPSA) is 33.6 Å². The Morgan fingerprint density at radius 2 is 1.33 bits per heavy atom. The molecule has 0 saturated heterocycles. The highest BCUT2D eigenvalue weighted by Gasteiger charge is 2.18. The van der Waals surface area contributed by atoms with Crippen molar-refractivity contribution in [2.75, 3.05) is 0 Å². The molecule has 0 spiro atoms. The zero-order valence-corrected chi connectivity index (χ0v) is 21.7. The van der Waals surface area contributed by atoms with E-state index in [2.05, 4.69) is 125 Å². The lowest BCUT2D eigenvalue weighted by Crippen LogP contribution is -1.94. The van der Waals surface area contributed by atoms with Crippen LogP contribution in [0.15, 0.2) is 121 Å². The highest BCUT2D eigenvalue weighted by atomic mass is 32.1. The third-order valence-electron chi connectivity index (χ3n) is 7.95. The molecule has 0 unspecified atom stereocenters. The van der Waals surface area contributed by atoms with Crippen LogP contribution in [-0.2, 0) is 0 Å². The van der Waals surface area contributed by atoms with Crippen LogP contribution in [0.3, 0.4) is 0 Å². The summed E-state index contributed by atoms with van der Waals surface area (Å²) in [5.41, 5.74) is 9.06. The van der Waals surface area contributed by atoms with Gasteiger partial charge in [0.25, 0.3) is 0 Å². The molecule has 0 aliphatic heterocycles. The van der Waals surface area contributed by atoms with Crippen LogP contribution in [-0.4, -0.2) is 14.5 Å². The fourth-order valence-electron chi connectivity index (χ4n) is 6.14. The van der Waals surface area contributed by atoms with Gasteiger partial charge in [0.2, 0.25) is 0 Å². The number of rotatable bonds is 2. The van der Waals surface area contributed by atoms with Crippen LogP contribution in [0.25, 0.3) is 80.7 Å². The number of fused-ring (bicyclic) bond motifs is 9. The van der Waals surface area contributed by atoms with Crippen LogP contribution in [0.5, 0.6) is 0 Å². The van der Waals surface area contributed by atoms with Gasteiger partial charge in [-0.15, -0.1) is 11.3 Å². The number of hydrogen-bond donors (Lipinski definition) is 1. The summed E-state index contributed by atoms with van der Waals surface area (Å²) in [6.45, 7) is 0. The lowest BCUT2D eigenvalue weighted by Gasteiger charge is -2.09. The first-order valence-electron chi connectivity index (χ1n) is 13.1. The first kappa shape index (κ1) is 21.1. The van der Waals surface area contributed by atoms with Crippen LogP contribution < -0.4 is 0 Å². The molecule has 1 N–H and O–H groups in total. The average molecular weight is 516 g/mol. The Morgan fingerprint density at radius 1 is 0.538 bits per heavy atom. The molecule has 0 amide bonds. The van der Waals surface area contributed by atoms with Gasteiger partial charge in [-0.05, 0) is 54.1 Å². The number of nitrogens with one attached hydrogen (secondary N) is 1. The standard InChI is InChI=1S/C35H21N3S/c1-2-8-21(9-3-1)22-16-32-35(36-20-22)28-18-27-25-11-5-7-13-33(25)39-34(27)19-31(28)38(32)23-14-15-30-26(17-23)24-10-4-6-12-29(24)37-30/h1-20,37H. The molecular weight excluding hydrogens is 494 g/mol. The number of benzene rings is 5. The van der Waals surface area contributed by atoms with E-state index in [4.69, 9.17) is 4.98 Å². The van der Waals surface area contributed by atoms with E-state index in [0.717, 1.165) is 33.3 Å². The molecule has 0 aliphatic rings. The third-order valence-corrected chi connectivity index (χ3v) is 9.09. The molecule has 4 heteroatoms. The molecular formula is C35H21N3S. The Hall–Kier alpha value is -4.93. The quantitative estimate of drug-likeness (QED) is 0.244. The minimum absolute atomic E-state index is 1.03. The van der Waals surface area contributed by atoms with Crippen molar-refractivity contribution in [3.8, 4) is 16.8 Å². The fourth-order valence-corrected chi connectivity index (χ4v) is 7.26. The summed E-state index contributed by atoms with van der Waals surface area (Å²) in [5, 5.41) is 6.25. The second-order valence-corrected chi connectivity index (χ2v) is 11.2. The van der Waals surface area contributed by atoms with Crippen molar-refractivity contribution in [2.45, 2.75) is 0 Å². The van der Waals surface area contributed by atoms with Gasteiger partial charge in [0, 0.05) is 64.8 Å². The largest absolute Gasteiger partial charge is 0.355 e. The summed E-state index contributed by atoms with van der Waals surface area (Å²) in [4.78, 5) is 8.66. The van der Waals surface area contributed by atoms with Gasteiger partial charge in [-0.25, -0.2) is 0 Å². The number of pyridine rings is 1. The lowest BCUT2D eigenvalue weighted by molar-refractivity contribution is 1.18. The van der Waals surface area contributed by atoms with E-state index < -0.39 is 0 Å². The highest BCUT2D eigenvalue weighted by molar-refractivity contribution is 7.25. The number of thiophene rings is 1. The maximum atomic E-state index is 5.08. The number of nitrogens with zero attached hydrogens (tertiary/aromatic N) is 2. The van der Waals surface area contributed by atoms with Crippen molar-refractivity contribution in [1.29, 1.82) is 0 Å². The number of hydrogen-bond acceptors (Lipinski definition) is 2. The zero-order chi connectivity index (χ0) is 25.5. The first-order chi connectivity index (χ1) is 19.3. The molecule has 5 aromatic carbocycles. The van der Waals surface area contributed by atoms with E-state index in [1.54, 1.807) is 0 Å². The van der Waals surface area contributed by atoms with Crippen LogP contribution in [0.2, 0.25) is 0 Å². The van der Waals surface area contributed by atoms with Gasteiger partial charge in [-0.2, -0.15) is 0 Å². The van der Waals surface area contributed by atoms with Crippen molar-refractivity contribution in [2.24, 2.45) is 0 Å². The van der Waals surface area contributed by atoms with Crippen molar-refractivity contribution < 1.29 is 0 Å². The van der Waals surface area contributed by atoms with E-state index in [1.807, 2.05) is 17.5 Å². The molecule has 0 fully saturated rings. The summed E-state index contributed by atoms with van der Waals surface area (Å²) in [5.74, 6) is 0. The molecule has 39 heavy (non-hydrogen) atoms. The molecule has 9 aromatic rings. The Balaban J connectivity index is 1.41. The fraction of sp³-hybridized carbons (Fsp3) is 0. The molecule has 182 valence electrons. The molecule has 0 atom stereocenters. The summed E-state index contributed by atoms with van der Waals surface area (Å²) in [7, 11) is 0. The smallest absolute Gasteiger partial charge is 0.0964 e. The van der Waals surface area contributed by atoms with E-state index in [0.29, 0.717) is 0 Å². The van der Waals surface area contributed by atoms with Gasteiger partial charge in [0.05, 0.1) is 16.6 Å². The van der Waals surface area contributed by atoms with E-state index in [-0.39, 0.29) is 0 Å². The third kappa shape index (κ3) is 3.01. The number of aromatic amines is 1. The van der Waals surface area contributed by atoms with Crippen LogP contribution in [0, 0.1) is 0 Å². The summed E-state index contributed by atoms with van der Waals surface area (Å²) >= 11 is 1.86. The van der Waals surface area contributed by atoms with Crippen LogP contribution in [0.1, 0.15) is 0 Å². The first-order valence-corrected chi connectivity index (χ1v) is 14.0. The SMILES string of the molecule is c1ccc(-c2cnc3c4cc5c(cc4n(-c4ccc6[nH]c7ccccc7c6c4)c3c2)sc2ccccc25)cc1. The molecule has 3 nitrogen and oxygen atoms in total. The van der Waals surface area contributed by atoms with Gasteiger partial charge in [-0.3, -0.25) is 4.98 Å². The van der Waals surface area contributed by atoms with E-state index in [1.165, 1.54) is 47.4 Å². The minimum Gasteiger partial charge on any atom is -0.355 e. The van der Waals surface area contributed by atoms with Crippen LogP contribution in [0.4, 0.5) is 0 Å². The maximum absolute atomic E-state index is 5.08. The van der Waals surface area contributed by atoms with Crippen molar-refractivity contribution >= 4 is 75.3 Å². The molecule has 0 radical (unpaired) electrons. The predicted molar refractivity (Wildman–Crippen MR) is 166 cm³/mol. The molecule has 0 aliphatic carbocycles. The number of H-pyrrole nitrogens is 1. The van der Waals surface area contributed by atoms with Crippen molar-refractivity contribution in [1.82, 2.24) is 14.5 Å². The van der Waals surface area contributed by atoms with Crippen LogP contribution >= 0.6 is 11.3 Å². The monoisotopic (exact) mass is 515 g/mol. The van der Waals surface area contributed by atoms with Gasteiger partial charge in [0.1, 0.15) is 0 Å². The zero-order valence-electron chi connectivity index (χ0n) is 20.8. The minimum atomic E-state index is 1.03. The summed E-state index contributed by atoms with van der Waals surface area (Å²) in [6.07, 6.45) is 2.01. The second-order valence-electron chi connectivity index (χ2n) is 10.2. The predicted octanol–water partition coefficient (Wildman–Crippen LogP) is 9.85. The van der Waals surface area contributed by atoms with E-state index in [9.17, 15) is 0 Å². The average Bonchev–Trinajstić information content (AvgIpc) is 3.64. The molecule has 0 bridgehead atoms. The van der Waals surface area contributed by atoms with Crippen molar-refractivity contribution in [3.05, 3.63) is 121 Å². The van der Waals surface area contributed by atoms with Gasteiger partial charge >= 0.3 is 0 Å². The lowest BCUT2D eigenvalue weighted by atomic mass is 10.1. The normalized spacial score (nSPS) is 12.1. The molecule has 9 rings (SSSR count). The summed E-state index contributed by atoms with van der Waals surface area (Å²) < 4.78 is 5.01. The van der Waals surface area contributed by atoms with Gasteiger partial charge in [-0.1, -0.05) is 66.7 Å². The molecule has 4 heterocycles. The molecule has 0 saturated carbocycles. The Morgan fingerprint density at radius 3 is 2.26 bits per heavy atom. The molecule has 4 aromatic heterocycles. The summed E-state index contributed by atoms with van der Waals surface area (Å²) in [6, 6.07) is 41.5. The number of aromatic nitrogens is 3. The van der Waals surface area contributed by atoms with Gasteiger partial charge in [0.15, 0.2) is 0 Å².